The summed E-state index contributed by atoms with van der Waals surface area (Å²) in [5, 5.41) is 2.41. The van der Waals surface area contributed by atoms with Gasteiger partial charge in [0.1, 0.15) is 11.1 Å². The number of benzene rings is 3. The van der Waals surface area contributed by atoms with Crippen LogP contribution in [-0.4, -0.2) is 24.7 Å². The molecule has 1 atom stereocenters. The number of thioether (sulfide) groups is 1. The lowest BCUT2D eigenvalue weighted by Gasteiger charge is -2.25. The van der Waals surface area contributed by atoms with Crippen LogP contribution in [0.25, 0.3) is 0 Å². The highest BCUT2D eigenvalue weighted by Gasteiger charge is 2.35. The zero-order valence-corrected chi connectivity index (χ0v) is 18.2. The minimum atomic E-state index is -4.45. The van der Waals surface area contributed by atoms with Crippen molar-refractivity contribution in [1.82, 2.24) is 0 Å². The molecule has 3 aromatic rings. The molecule has 0 saturated carbocycles. The number of hydrogen-bond acceptors (Lipinski definition) is 4. The largest absolute Gasteiger partial charge is 0.497 e. The molecule has 33 heavy (non-hydrogen) atoms. The van der Waals surface area contributed by atoms with E-state index in [4.69, 9.17) is 4.74 Å². The molecule has 0 bridgehead atoms. The summed E-state index contributed by atoms with van der Waals surface area (Å²) in [7, 11) is 1.54. The molecule has 0 radical (unpaired) electrons. The SMILES string of the molecule is COc1ccc(C(=O)Nc2cccc([C@H]3SCC(=O)N3c3ccc(C(F)(F)F)cc3)c2)cc1. The zero-order chi connectivity index (χ0) is 23.6. The van der Waals surface area contributed by atoms with Crippen molar-refractivity contribution in [2.24, 2.45) is 0 Å². The second-order valence-corrected chi connectivity index (χ2v) is 8.35. The monoisotopic (exact) mass is 472 g/mol. The lowest BCUT2D eigenvalue weighted by molar-refractivity contribution is -0.137. The van der Waals surface area contributed by atoms with Gasteiger partial charge in [0.25, 0.3) is 5.91 Å². The van der Waals surface area contributed by atoms with Crippen LogP contribution in [0.15, 0.2) is 72.8 Å². The van der Waals surface area contributed by atoms with Gasteiger partial charge >= 0.3 is 6.18 Å². The molecule has 0 spiro atoms. The second kappa shape index (κ2) is 9.19. The van der Waals surface area contributed by atoms with Crippen LogP contribution in [0.1, 0.15) is 26.9 Å². The van der Waals surface area contributed by atoms with E-state index in [0.717, 1.165) is 17.7 Å². The minimum absolute atomic E-state index is 0.197. The highest BCUT2D eigenvalue weighted by molar-refractivity contribution is 8.00. The Labute approximate surface area is 192 Å². The van der Waals surface area contributed by atoms with Gasteiger partial charge in [-0.05, 0) is 66.2 Å². The maximum atomic E-state index is 12.9. The van der Waals surface area contributed by atoms with Gasteiger partial charge in [-0.25, -0.2) is 0 Å². The lowest BCUT2D eigenvalue weighted by Crippen LogP contribution is -2.28. The van der Waals surface area contributed by atoms with E-state index in [1.54, 1.807) is 49.6 Å². The van der Waals surface area contributed by atoms with E-state index < -0.39 is 17.1 Å². The Hall–Kier alpha value is -3.46. The number of nitrogens with one attached hydrogen (secondary N) is 1. The molecule has 1 aliphatic heterocycles. The van der Waals surface area contributed by atoms with Crippen molar-refractivity contribution >= 4 is 35.0 Å². The fourth-order valence-electron chi connectivity index (χ4n) is 3.48. The predicted molar refractivity (Wildman–Crippen MR) is 122 cm³/mol. The number of anilines is 2. The molecule has 2 amide bonds. The Morgan fingerprint density at radius 3 is 2.39 bits per heavy atom. The molecule has 1 heterocycles. The molecule has 4 rings (SSSR count). The maximum absolute atomic E-state index is 12.9. The first-order chi connectivity index (χ1) is 15.8. The number of carbonyl (C=O) groups excluding carboxylic acids is 2. The van der Waals surface area contributed by atoms with Gasteiger partial charge in [-0.3, -0.25) is 14.5 Å². The molecular formula is C24H19F3N2O3S. The van der Waals surface area contributed by atoms with Crippen LogP contribution in [0.2, 0.25) is 0 Å². The highest BCUT2D eigenvalue weighted by Crippen LogP contribution is 2.43. The van der Waals surface area contributed by atoms with Crippen LogP contribution in [0.4, 0.5) is 24.5 Å². The molecule has 1 saturated heterocycles. The number of rotatable bonds is 5. The fourth-order valence-corrected chi connectivity index (χ4v) is 4.64. The van der Waals surface area contributed by atoms with Crippen LogP contribution in [0.3, 0.4) is 0 Å². The summed E-state index contributed by atoms with van der Waals surface area (Å²) < 4.78 is 43.8. The predicted octanol–water partition coefficient (Wildman–Crippen LogP) is 5.74. The van der Waals surface area contributed by atoms with Crippen molar-refractivity contribution in [1.29, 1.82) is 0 Å². The summed E-state index contributed by atoms with van der Waals surface area (Å²) in [4.78, 5) is 26.6. The third kappa shape index (κ3) is 4.98. The smallest absolute Gasteiger partial charge is 0.416 e. The molecule has 0 aliphatic carbocycles. The van der Waals surface area contributed by atoms with Gasteiger partial charge in [0.05, 0.1) is 18.4 Å². The summed E-state index contributed by atoms with van der Waals surface area (Å²) >= 11 is 1.37. The zero-order valence-electron chi connectivity index (χ0n) is 17.4. The Morgan fingerprint density at radius 2 is 1.76 bits per heavy atom. The Bertz CT molecular complexity index is 1160. The number of alkyl halides is 3. The summed E-state index contributed by atoms with van der Waals surface area (Å²) in [5.41, 5.74) is 1.36. The summed E-state index contributed by atoms with van der Waals surface area (Å²) in [6, 6.07) is 18.3. The van der Waals surface area contributed by atoms with Gasteiger partial charge in [-0.2, -0.15) is 13.2 Å². The summed E-state index contributed by atoms with van der Waals surface area (Å²) in [6.45, 7) is 0. The van der Waals surface area contributed by atoms with E-state index in [0.29, 0.717) is 22.7 Å². The van der Waals surface area contributed by atoms with Crippen LogP contribution in [0, 0.1) is 0 Å². The molecule has 9 heteroatoms. The molecule has 3 aromatic carbocycles. The number of nitrogens with zero attached hydrogens (tertiary/aromatic N) is 1. The average Bonchev–Trinajstić information content (AvgIpc) is 3.20. The fraction of sp³-hybridized carbons (Fsp3) is 0.167. The number of carbonyl (C=O) groups is 2. The van der Waals surface area contributed by atoms with Gasteiger partial charge in [0.2, 0.25) is 5.91 Å². The Kier molecular flexibility index (Phi) is 6.33. The Balaban J connectivity index is 1.55. The molecule has 0 aromatic heterocycles. The van der Waals surface area contributed by atoms with E-state index in [2.05, 4.69) is 5.32 Å². The quantitative estimate of drug-likeness (QED) is 0.514. The van der Waals surface area contributed by atoms with E-state index in [9.17, 15) is 22.8 Å². The lowest BCUT2D eigenvalue weighted by atomic mass is 10.1. The Morgan fingerprint density at radius 1 is 1.06 bits per heavy atom. The molecule has 5 nitrogen and oxygen atoms in total. The van der Waals surface area contributed by atoms with Crippen molar-refractivity contribution in [2.75, 3.05) is 23.1 Å². The van der Waals surface area contributed by atoms with Crippen LogP contribution >= 0.6 is 11.8 Å². The first-order valence-electron chi connectivity index (χ1n) is 9.92. The molecule has 1 fully saturated rings. The van der Waals surface area contributed by atoms with Crippen molar-refractivity contribution < 1.29 is 27.5 Å². The average molecular weight is 472 g/mol. The number of ether oxygens (including phenoxy) is 1. The van der Waals surface area contributed by atoms with Gasteiger partial charge in [-0.1, -0.05) is 12.1 Å². The van der Waals surface area contributed by atoms with Crippen LogP contribution in [0.5, 0.6) is 5.75 Å². The van der Waals surface area contributed by atoms with E-state index in [1.165, 1.54) is 28.8 Å². The minimum Gasteiger partial charge on any atom is -0.497 e. The molecule has 1 N–H and O–H groups in total. The first-order valence-corrected chi connectivity index (χ1v) is 11.0. The van der Waals surface area contributed by atoms with Crippen molar-refractivity contribution in [3.63, 3.8) is 0 Å². The van der Waals surface area contributed by atoms with Gasteiger partial charge in [-0.15, -0.1) is 11.8 Å². The van der Waals surface area contributed by atoms with E-state index in [-0.39, 0.29) is 17.6 Å². The van der Waals surface area contributed by atoms with Gasteiger partial charge in [0.15, 0.2) is 0 Å². The van der Waals surface area contributed by atoms with Crippen molar-refractivity contribution in [2.45, 2.75) is 11.6 Å². The normalized spacial score (nSPS) is 16.1. The van der Waals surface area contributed by atoms with E-state index in [1.807, 2.05) is 6.07 Å². The molecular weight excluding hydrogens is 453 g/mol. The maximum Gasteiger partial charge on any atom is 0.416 e. The van der Waals surface area contributed by atoms with Crippen molar-refractivity contribution in [3.05, 3.63) is 89.5 Å². The molecule has 0 unspecified atom stereocenters. The highest BCUT2D eigenvalue weighted by atomic mass is 32.2. The van der Waals surface area contributed by atoms with E-state index >= 15 is 0 Å². The summed E-state index contributed by atoms with van der Waals surface area (Å²) in [6.07, 6.45) is -4.45. The third-order valence-corrected chi connectivity index (χ3v) is 6.33. The number of halogens is 3. The summed E-state index contributed by atoms with van der Waals surface area (Å²) in [5.74, 6) is 0.343. The first kappa shape index (κ1) is 22.7. The number of methoxy groups -OCH3 is 1. The van der Waals surface area contributed by atoms with Gasteiger partial charge < -0.3 is 10.1 Å². The van der Waals surface area contributed by atoms with Gasteiger partial charge in [0, 0.05) is 16.9 Å². The standard InChI is InChI=1S/C24H19F3N2O3S/c1-32-20-11-5-15(6-12-20)22(31)28-18-4-2-3-16(13-18)23-29(21(30)14-33-23)19-9-7-17(8-10-19)24(25,26)27/h2-13,23H,14H2,1H3,(H,28,31)/t23-/m1/s1. The van der Waals surface area contributed by atoms with Crippen LogP contribution < -0.4 is 15.0 Å². The third-order valence-electron chi connectivity index (χ3n) is 5.12. The molecule has 1 aliphatic rings. The number of hydrogen-bond donors (Lipinski definition) is 1. The number of amides is 2. The topological polar surface area (TPSA) is 58.6 Å². The molecule has 170 valence electrons. The van der Waals surface area contributed by atoms with Crippen LogP contribution in [-0.2, 0) is 11.0 Å². The second-order valence-electron chi connectivity index (χ2n) is 7.28. The van der Waals surface area contributed by atoms with Crippen molar-refractivity contribution in [3.8, 4) is 5.75 Å².